The van der Waals surface area contributed by atoms with Gasteiger partial charge in [-0.3, -0.25) is 10.1 Å². The van der Waals surface area contributed by atoms with Gasteiger partial charge in [0.2, 0.25) is 5.95 Å². The fourth-order valence-corrected chi connectivity index (χ4v) is 2.63. The van der Waals surface area contributed by atoms with Crippen molar-refractivity contribution < 1.29 is 9.53 Å². The molecule has 2 aromatic carbocycles. The van der Waals surface area contributed by atoms with E-state index in [9.17, 15) is 4.79 Å². The number of benzene rings is 2. The van der Waals surface area contributed by atoms with E-state index in [2.05, 4.69) is 10.3 Å². The number of anilines is 1. The molecular formula is C18H19N3O2. The van der Waals surface area contributed by atoms with Gasteiger partial charge in [0.25, 0.3) is 5.91 Å². The summed E-state index contributed by atoms with van der Waals surface area (Å²) in [5.74, 6) is 0.392. The number of nitrogens with one attached hydrogen (secondary N) is 1. The van der Waals surface area contributed by atoms with Crippen molar-refractivity contribution in [1.82, 2.24) is 9.55 Å². The number of ether oxygens (including phenoxy) is 1. The van der Waals surface area contributed by atoms with Crippen molar-refractivity contribution in [3.63, 3.8) is 0 Å². The molecule has 3 rings (SSSR count). The van der Waals surface area contributed by atoms with Crippen molar-refractivity contribution in [2.24, 2.45) is 0 Å². The van der Waals surface area contributed by atoms with E-state index in [1.165, 1.54) is 0 Å². The summed E-state index contributed by atoms with van der Waals surface area (Å²) in [6.07, 6.45) is 0. The van der Waals surface area contributed by atoms with Crippen LogP contribution < -0.4 is 5.32 Å². The van der Waals surface area contributed by atoms with E-state index in [0.29, 0.717) is 18.1 Å². The molecule has 0 atom stereocenters. The number of imidazole rings is 1. The molecule has 0 spiro atoms. The number of aryl methyl sites for hydroxylation is 1. The molecule has 23 heavy (non-hydrogen) atoms. The summed E-state index contributed by atoms with van der Waals surface area (Å²) < 4.78 is 7.10. The van der Waals surface area contributed by atoms with Crippen LogP contribution in [0.2, 0.25) is 0 Å². The molecule has 3 aromatic rings. The molecule has 0 saturated heterocycles. The summed E-state index contributed by atoms with van der Waals surface area (Å²) in [5, 5.41) is 2.91. The largest absolute Gasteiger partial charge is 0.380 e. The normalized spacial score (nSPS) is 10.9. The van der Waals surface area contributed by atoms with Crippen LogP contribution in [0.1, 0.15) is 22.8 Å². The maximum absolute atomic E-state index is 12.5. The van der Waals surface area contributed by atoms with Crippen LogP contribution in [0, 0.1) is 0 Å². The van der Waals surface area contributed by atoms with Gasteiger partial charge in [0.15, 0.2) is 0 Å². The highest BCUT2D eigenvalue weighted by Gasteiger charge is 2.13. The minimum absolute atomic E-state index is 0.173. The Bertz CT molecular complexity index is 839. The van der Waals surface area contributed by atoms with Crippen molar-refractivity contribution in [1.29, 1.82) is 0 Å². The average molecular weight is 309 g/mol. The number of aromatic nitrogens is 2. The number of rotatable bonds is 5. The fraction of sp³-hybridized carbons (Fsp3) is 0.222. The minimum Gasteiger partial charge on any atom is -0.380 e. The molecule has 0 fully saturated rings. The van der Waals surface area contributed by atoms with Gasteiger partial charge in [0, 0.05) is 19.2 Å². The van der Waals surface area contributed by atoms with Crippen molar-refractivity contribution in [2.75, 3.05) is 12.4 Å². The third-order valence-electron chi connectivity index (χ3n) is 3.70. The first-order chi connectivity index (χ1) is 11.2. The number of carbonyl (C=O) groups excluding carboxylic acids is 1. The Balaban J connectivity index is 1.89. The first kappa shape index (κ1) is 15.2. The Labute approximate surface area is 134 Å². The van der Waals surface area contributed by atoms with Gasteiger partial charge in [-0.15, -0.1) is 0 Å². The number of hydrogen-bond acceptors (Lipinski definition) is 3. The highest BCUT2D eigenvalue weighted by Crippen LogP contribution is 2.20. The predicted molar refractivity (Wildman–Crippen MR) is 90.5 cm³/mol. The Hall–Kier alpha value is -2.66. The van der Waals surface area contributed by atoms with E-state index in [4.69, 9.17) is 4.74 Å². The molecule has 0 saturated carbocycles. The second kappa shape index (κ2) is 6.62. The third kappa shape index (κ3) is 3.10. The number of fused-ring (bicyclic) bond motifs is 1. The lowest BCUT2D eigenvalue weighted by Crippen LogP contribution is -2.16. The van der Waals surface area contributed by atoms with E-state index in [1.807, 2.05) is 54.0 Å². The van der Waals surface area contributed by atoms with Gasteiger partial charge in [-0.25, -0.2) is 4.98 Å². The molecule has 5 nitrogen and oxygen atoms in total. The summed E-state index contributed by atoms with van der Waals surface area (Å²) in [5.41, 5.74) is 3.44. The van der Waals surface area contributed by atoms with Crippen molar-refractivity contribution in [3.8, 4) is 0 Å². The van der Waals surface area contributed by atoms with E-state index < -0.39 is 0 Å². The maximum atomic E-state index is 12.5. The summed E-state index contributed by atoms with van der Waals surface area (Å²) in [7, 11) is 1.64. The molecule has 1 heterocycles. The molecule has 0 radical (unpaired) electrons. The van der Waals surface area contributed by atoms with Gasteiger partial charge in [-0.1, -0.05) is 24.3 Å². The molecule has 118 valence electrons. The Morgan fingerprint density at radius 2 is 2.04 bits per heavy atom. The summed E-state index contributed by atoms with van der Waals surface area (Å²) in [6.45, 7) is 3.25. The van der Waals surface area contributed by atoms with E-state index in [1.54, 1.807) is 13.2 Å². The number of hydrogen-bond donors (Lipinski definition) is 1. The van der Waals surface area contributed by atoms with Crippen LogP contribution >= 0.6 is 0 Å². The molecule has 0 aliphatic heterocycles. The maximum Gasteiger partial charge on any atom is 0.257 e. The second-order valence-corrected chi connectivity index (χ2v) is 5.26. The highest BCUT2D eigenvalue weighted by atomic mass is 16.5. The number of amides is 1. The van der Waals surface area contributed by atoms with Gasteiger partial charge in [0.05, 0.1) is 17.6 Å². The van der Waals surface area contributed by atoms with Crippen LogP contribution in [0.3, 0.4) is 0 Å². The summed E-state index contributed by atoms with van der Waals surface area (Å²) >= 11 is 0. The van der Waals surface area contributed by atoms with Crippen molar-refractivity contribution in [2.45, 2.75) is 20.1 Å². The van der Waals surface area contributed by atoms with Gasteiger partial charge >= 0.3 is 0 Å². The standard InChI is InChI=1S/C18H19N3O2/c1-3-21-16-10-5-4-9-15(16)19-18(21)20-17(22)14-8-6-7-13(11-14)12-23-2/h4-11H,3,12H2,1-2H3,(H,19,20,22). The average Bonchev–Trinajstić information content (AvgIpc) is 2.92. The summed E-state index contributed by atoms with van der Waals surface area (Å²) in [4.78, 5) is 17.0. The number of nitrogens with zero attached hydrogens (tertiary/aromatic N) is 2. The van der Waals surface area contributed by atoms with Crippen LogP contribution in [0.5, 0.6) is 0 Å². The number of carbonyl (C=O) groups is 1. The van der Waals surface area contributed by atoms with Crippen molar-refractivity contribution in [3.05, 3.63) is 59.7 Å². The fourth-order valence-electron chi connectivity index (χ4n) is 2.63. The van der Waals surface area contributed by atoms with Gasteiger partial charge in [0.1, 0.15) is 0 Å². The third-order valence-corrected chi connectivity index (χ3v) is 3.70. The molecule has 0 aliphatic carbocycles. The predicted octanol–water partition coefficient (Wildman–Crippen LogP) is 3.45. The Kier molecular flexibility index (Phi) is 4.39. The van der Waals surface area contributed by atoms with Crippen LogP contribution in [0.25, 0.3) is 11.0 Å². The summed E-state index contributed by atoms with van der Waals surface area (Å²) in [6, 6.07) is 15.3. The Morgan fingerprint density at radius 3 is 2.83 bits per heavy atom. The van der Waals surface area contributed by atoms with Gasteiger partial charge < -0.3 is 9.30 Å². The monoisotopic (exact) mass is 309 g/mol. The van der Waals surface area contributed by atoms with Crippen molar-refractivity contribution >= 4 is 22.9 Å². The minimum atomic E-state index is -0.173. The lowest BCUT2D eigenvalue weighted by molar-refractivity contribution is 0.102. The van der Waals surface area contributed by atoms with E-state index in [0.717, 1.165) is 23.1 Å². The first-order valence-corrected chi connectivity index (χ1v) is 7.57. The van der Waals surface area contributed by atoms with Crippen LogP contribution in [-0.4, -0.2) is 22.6 Å². The smallest absolute Gasteiger partial charge is 0.257 e. The molecule has 5 heteroatoms. The SMILES string of the molecule is CCn1c(NC(=O)c2cccc(COC)c2)nc2ccccc21. The molecule has 0 aliphatic rings. The quantitative estimate of drug-likeness (QED) is 0.785. The van der Waals surface area contributed by atoms with Crippen LogP contribution in [0.4, 0.5) is 5.95 Å². The zero-order valence-corrected chi connectivity index (χ0v) is 13.2. The first-order valence-electron chi connectivity index (χ1n) is 7.57. The molecule has 1 amide bonds. The molecule has 0 bridgehead atoms. The molecule has 0 unspecified atom stereocenters. The second-order valence-electron chi connectivity index (χ2n) is 5.26. The zero-order chi connectivity index (χ0) is 16.2. The zero-order valence-electron chi connectivity index (χ0n) is 13.2. The Morgan fingerprint density at radius 1 is 1.22 bits per heavy atom. The highest BCUT2D eigenvalue weighted by molar-refractivity contribution is 6.04. The lowest BCUT2D eigenvalue weighted by atomic mass is 10.1. The molecule has 1 N–H and O–H groups in total. The number of methoxy groups -OCH3 is 1. The topological polar surface area (TPSA) is 56.2 Å². The van der Waals surface area contributed by atoms with E-state index in [-0.39, 0.29) is 5.91 Å². The van der Waals surface area contributed by atoms with Gasteiger partial charge in [-0.2, -0.15) is 0 Å². The lowest BCUT2D eigenvalue weighted by Gasteiger charge is -2.08. The molecule has 1 aromatic heterocycles. The number of para-hydroxylation sites is 2. The van der Waals surface area contributed by atoms with Gasteiger partial charge in [-0.05, 0) is 36.8 Å². The molecular weight excluding hydrogens is 290 g/mol. The van der Waals surface area contributed by atoms with Crippen LogP contribution in [0.15, 0.2) is 48.5 Å². The van der Waals surface area contributed by atoms with Crippen LogP contribution in [-0.2, 0) is 17.9 Å². The van der Waals surface area contributed by atoms with E-state index >= 15 is 0 Å².